The molecule has 19 heavy (non-hydrogen) atoms. The smallest absolute Gasteiger partial charge is 0.264 e. The first-order valence-corrected chi connectivity index (χ1v) is 5.72. The number of nitriles is 1. The second kappa shape index (κ2) is 4.42. The highest BCUT2D eigenvalue weighted by molar-refractivity contribution is 6.09. The van der Waals surface area contributed by atoms with Crippen LogP contribution in [0.5, 0.6) is 11.6 Å². The Morgan fingerprint density at radius 1 is 1.26 bits per heavy atom. The van der Waals surface area contributed by atoms with Crippen LogP contribution in [0.2, 0.25) is 0 Å². The van der Waals surface area contributed by atoms with Crippen molar-refractivity contribution in [2.24, 2.45) is 0 Å². The van der Waals surface area contributed by atoms with Crippen molar-refractivity contribution in [1.82, 2.24) is 4.98 Å². The molecule has 1 aromatic heterocycles. The fraction of sp³-hybridized carbons (Fsp3) is 0.0714. The van der Waals surface area contributed by atoms with Crippen LogP contribution in [0.25, 0.3) is 0 Å². The van der Waals surface area contributed by atoms with E-state index in [1.54, 1.807) is 36.5 Å². The summed E-state index contributed by atoms with van der Waals surface area (Å²) < 4.78 is 5.67. The third kappa shape index (κ3) is 1.79. The van der Waals surface area contributed by atoms with Crippen molar-refractivity contribution in [3.63, 3.8) is 0 Å². The molecular weight excluding hydrogens is 242 g/mol. The zero-order valence-corrected chi connectivity index (χ0v) is 9.91. The average Bonchev–Trinajstić information content (AvgIpc) is 2.56. The first-order chi connectivity index (χ1) is 9.31. The summed E-state index contributed by atoms with van der Waals surface area (Å²) in [4.78, 5) is 17.9. The normalized spacial score (nSPS) is 12.8. The maximum Gasteiger partial charge on any atom is 0.264 e. The molecule has 5 heteroatoms. The summed E-state index contributed by atoms with van der Waals surface area (Å²) in [6, 6.07) is 12.4. The standard InChI is InChI=1S/C14H9N3O2/c15-7-9-17-11-5-1-2-6-12(11)19-13-10(14(17)18)4-3-8-16-13/h1-6,8H,9H2. The molecule has 0 radical (unpaired) electrons. The highest BCUT2D eigenvalue weighted by Crippen LogP contribution is 2.37. The Balaban J connectivity index is 2.22. The minimum Gasteiger partial charge on any atom is -0.436 e. The van der Waals surface area contributed by atoms with Gasteiger partial charge in [-0.15, -0.1) is 0 Å². The number of hydrogen-bond donors (Lipinski definition) is 0. The molecule has 1 aromatic carbocycles. The van der Waals surface area contributed by atoms with E-state index < -0.39 is 0 Å². The van der Waals surface area contributed by atoms with E-state index in [0.29, 0.717) is 17.0 Å². The van der Waals surface area contributed by atoms with Gasteiger partial charge >= 0.3 is 0 Å². The largest absolute Gasteiger partial charge is 0.436 e. The van der Waals surface area contributed by atoms with Crippen LogP contribution < -0.4 is 9.64 Å². The van der Waals surface area contributed by atoms with E-state index in [1.807, 2.05) is 12.1 Å². The maximum atomic E-state index is 12.4. The predicted molar refractivity (Wildman–Crippen MR) is 68.0 cm³/mol. The fourth-order valence-corrected chi connectivity index (χ4v) is 1.99. The summed E-state index contributed by atoms with van der Waals surface area (Å²) in [7, 11) is 0. The van der Waals surface area contributed by atoms with E-state index in [-0.39, 0.29) is 18.3 Å². The molecular formula is C14H9N3O2. The van der Waals surface area contributed by atoms with E-state index in [1.165, 1.54) is 4.90 Å². The van der Waals surface area contributed by atoms with Crippen molar-refractivity contribution < 1.29 is 9.53 Å². The van der Waals surface area contributed by atoms with Crippen LogP contribution >= 0.6 is 0 Å². The molecule has 0 atom stereocenters. The third-order valence-electron chi connectivity index (χ3n) is 2.84. The molecule has 2 heterocycles. The molecule has 0 fully saturated rings. The third-order valence-corrected chi connectivity index (χ3v) is 2.84. The molecule has 3 rings (SSSR count). The number of hydrogen-bond acceptors (Lipinski definition) is 4. The van der Waals surface area contributed by atoms with E-state index in [0.717, 1.165) is 0 Å². The van der Waals surface area contributed by atoms with Gasteiger partial charge in [-0.05, 0) is 24.3 Å². The fourth-order valence-electron chi connectivity index (χ4n) is 1.99. The van der Waals surface area contributed by atoms with Crippen molar-refractivity contribution in [2.75, 3.05) is 11.4 Å². The number of ether oxygens (including phenoxy) is 1. The van der Waals surface area contributed by atoms with Crippen molar-refractivity contribution in [3.05, 3.63) is 48.2 Å². The first-order valence-electron chi connectivity index (χ1n) is 5.72. The van der Waals surface area contributed by atoms with Crippen LogP contribution in [-0.2, 0) is 0 Å². The molecule has 0 N–H and O–H groups in total. The SMILES string of the molecule is N#CCN1C(=O)c2cccnc2Oc2ccccc21. The molecule has 0 saturated heterocycles. The number of carbonyl (C=O) groups excluding carboxylic acids is 1. The van der Waals surface area contributed by atoms with Gasteiger partial charge in [0, 0.05) is 6.20 Å². The second-order valence-electron chi connectivity index (χ2n) is 3.98. The lowest BCUT2D eigenvalue weighted by Gasteiger charge is -2.18. The van der Waals surface area contributed by atoms with Gasteiger partial charge in [-0.3, -0.25) is 9.69 Å². The van der Waals surface area contributed by atoms with Crippen LogP contribution in [0.4, 0.5) is 5.69 Å². The molecule has 0 bridgehead atoms. The number of anilines is 1. The van der Waals surface area contributed by atoms with Crippen molar-refractivity contribution in [1.29, 1.82) is 5.26 Å². The van der Waals surface area contributed by atoms with Crippen molar-refractivity contribution in [3.8, 4) is 17.7 Å². The van der Waals surface area contributed by atoms with Gasteiger partial charge in [0.15, 0.2) is 5.75 Å². The summed E-state index contributed by atoms with van der Waals surface area (Å²) in [5.41, 5.74) is 0.931. The van der Waals surface area contributed by atoms with Crippen LogP contribution in [-0.4, -0.2) is 17.4 Å². The molecule has 0 saturated carbocycles. The van der Waals surface area contributed by atoms with E-state index in [9.17, 15) is 4.79 Å². The number of nitrogens with zero attached hydrogens (tertiary/aromatic N) is 3. The average molecular weight is 251 g/mol. The lowest BCUT2D eigenvalue weighted by molar-refractivity contribution is 0.0989. The molecule has 0 aliphatic carbocycles. The topological polar surface area (TPSA) is 66.2 Å². The lowest BCUT2D eigenvalue weighted by atomic mass is 10.2. The molecule has 1 aliphatic rings. The van der Waals surface area contributed by atoms with Gasteiger partial charge in [-0.25, -0.2) is 4.98 Å². The number of pyridine rings is 1. The van der Waals surface area contributed by atoms with E-state index in [2.05, 4.69) is 4.98 Å². The summed E-state index contributed by atoms with van der Waals surface area (Å²) >= 11 is 0. The summed E-state index contributed by atoms with van der Waals surface area (Å²) in [5.74, 6) is 0.499. The molecule has 2 aromatic rings. The lowest BCUT2D eigenvalue weighted by Crippen LogP contribution is -2.30. The van der Waals surface area contributed by atoms with Crippen LogP contribution in [0.1, 0.15) is 10.4 Å². The number of rotatable bonds is 1. The summed E-state index contributed by atoms with van der Waals surface area (Å²) in [6.07, 6.45) is 1.56. The summed E-state index contributed by atoms with van der Waals surface area (Å²) in [5, 5.41) is 8.90. The Hall–Kier alpha value is -2.87. The minimum absolute atomic E-state index is 0.0342. The molecule has 1 amide bonds. The Bertz CT molecular complexity index is 691. The summed E-state index contributed by atoms with van der Waals surface area (Å²) in [6.45, 7) is -0.0342. The number of benzene rings is 1. The van der Waals surface area contributed by atoms with Gasteiger partial charge in [0.25, 0.3) is 5.91 Å². The predicted octanol–water partition coefficient (Wildman–Crippen LogP) is 2.36. The maximum absolute atomic E-state index is 12.4. The Morgan fingerprint density at radius 3 is 2.95 bits per heavy atom. The Labute approximate surface area is 109 Å². The van der Waals surface area contributed by atoms with Crippen molar-refractivity contribution >= 4 is 11.6 Å². The van der Waals surface area contributed by atoms with Gasteiger partial charge in [0.2, 0.25) is 5.88 Å². The van der Waals surface area contributed by atoms with Gasteiger partial charge in [0.05, 0.1) is 11.8 Å². The Kier molecular flexibility index (Phi) is 2.62. The van der Waals surface area contributed by atoms with Crippen LogP contribution in [0.15, 0.2) is 42.6 Å². The first kappa shape index (κ1) is 11.2. The van der Waals surface area contributed by atoms with Crippen LogP contribution in [0, 0.1) is 11.3 Å². The van der Waals surface area contributed by atoms with E-state index >= 15 is 0 Å². The van der Waals surface area contributed by atoms with Gasteiger partial charge in [-0.1, -0.05) is 12.1 Å². The molecule has 0 spiro atoms. The van der Waals surface area contributed by atoms with Crippen LogP contribution in [0.3, 0.4) is 0 Å². The quantitative estimate of drug-likeness (QED) is 0.730. The van der Waals surface area contributed by atoms with Gasteiger partial charge < -0.3 is 4.74 Å². The molecule has 1 aliphatic heterocycles. The van der Waals surface area contributed by atoms with E-state index in [4.69, 9.17) is 10.00 Å². The molecule has 5 nitrogen and oxygen atoms in total. The number of para-hydroxylation sites is 2. The Morgan fingerprint density at radius 2 is 2.11 bits per heavy atom. The monoisotopic (exact) mass is 251 g/mol. The van der Waals surface area contributed by atoms with Gasteiger partial charge in [0.1, 0.15) is 12.1 Å². The highest BCUT2D eigenvalue weighted by atomic mass is 16.5. The van der Waals surface area contributed by atoms with Gasteiger partial charge in [-0.2, -0.15) is 5.26 Å². The number of fused-ring (bicyclic) bond motifs is 2. The second-order valence-corrected chi connectivity index (χ2v) is 3.98. The minimum atomic E-state index is -0.283. The highest BCUT2D eigenvalue weighted by Gasteiger charge is 2.28. The molecule has 92 valence electrons. The van der Waals surface area contributed by atoms with Crippen molar-refractivity contribution in [2.45, 2.75) is 0 Å². The molecule has 0 unspecified atom stereocenters. The number of carbonyl (C=O) groups is 1. The zero-order chi connectivity index (χ0) is 13.2. The number of amides is 1. The zero-order valence-electron chi connectivity index (χ0n) is 9.91. The number of aromatic nitrogens is 1.